The summed E-state index contributed by atoms with van der Waals surface area (Å²) in [7, 11) is 1.66. The van der Waals surface area contributed by atoms with E-state index in [2.05, 4.69) is 0 Å². The Labute approximate surface area is 116 Å². The maximum Gasteiger partial charge on any atom is 0.341 e. The van der Waals surface area contributed by atoms with Gasteiger partial charge in [0.2, 0.25) is 11.9 Å². The first-order chi connectivity index (χ1) is 9.52. The topological polar surface area (TPSA) is 85.2 Å². The van der Waals surface area contributed by atoms with Crippen molar-refractivity contribution < 1.29 is 29.2 Å². The highest BCUT2D eigenvalue weighted by Crippen LogP contribution is 2.42. The zero-order chi connectivity index (χ0) is 14.3. The summed E-state index contributed by atoms with van der Waals surface area (Å²) < 4.78 is 15.7. The number of esters is 1. The molecule has 2 heterocycles. The summed E-state index contributed by atoms with van der Waals surface area (Å²) in [5.41, 5.74) is 0.825. The highest BCUT2D eigenvalue weighted by Gasteiger charge is 2.67. The van der Waals surface area contributed by atoms with E-state index >= 15 is 0 Å². The zero-order valence-electron chi connectivity index (χ0n) is 10.9. The normalized spacial score (nSPS) is 38.9. The molecule has 2 saturated heterocycles. The van der Waals surface area contributed by atoms with E-state index in [1.54, 1.807) is 7.85 Å². The summed E-state index contributed by atoms with van der Waals surface area (Å²) in [6.45, 7) is 0.0753. The van der Waals surface area contributed by atoms with E-state index in [1.165, 1.54) is 0 Å². The maximum absolute atomic E-state index is 12.0. The van der Waals surface area contributed by atoms with E-state index in [1.807, 2.05) is 30.3 Å². The fourth-order valence-electron chi connectivity index (χ4n) is 2.61. The smallest absolute Gasteiger partial charge is 0.341 e. The third-order valence-corrected chi connectivity index (χ3v) is 3.68. The van der Waals surface area contributed by atoms with Crippen molar-refractivity contribution in [2.75, 3.05) is 0 Å². The Kier molecular flexibility index (Phi) is 3.29. The van der Waals surface area contributed by atoms with Crippen LogP contribution < -0.4 is 0 Å². The minimum absolute atomic E-state index is 0.0753. The molecule has 0 spiro atoms. The molecular weight excluding hydrogens is 263 g/mol. The quantitative estimate of drug-likeness (QED) is 0.519. The van der Waals surface area contributed by atoms with Crippen molar-refractivity contribution in [1.29, 1.82) is 0 Å². The minimum atomic E-state index is -2.02. The van der Waals surface area contributed by atoms with Gasteiger partial charge in [-0.1, -0.05) is 30.3 Å². The summed E-state index contributed by atoms with van der Waals surface area (Å²) in [6.07, 6.45) is -3.27. The predicted molar refractivity (Wildman–Crippen MR) is 69.3 cm³/mol. The SMILES string of the molecule is BC1OC2(O)C(C(=O)OCc3ccccc3)OC1C2O. The molecule has 2 bridgehead atoms. The van der Waals surface area contributed by atoms with Crippen LogP contribution in [0.25, 0.3) is 0 Å². The molecule has 6 nitrogen and oxygen atoms in total. The number of aliphatic hydroxyl groups excluding tert-OH is 1. The van der Waals surface area contributed by atoms with Crippen LogP contribution in [0.5, 0.6) is 0 Å². The second-order valence-electron chi connectivity index (χ2n) is 5.09. The molecule has 0 aliphatic carbocycles. The van der Waals surface area contributed by atoms with Gasteiger partial charge in [0.1, 0.15) is 26.7 Å². The number of aliphatic hydroxyl groups is 2. The van der Waals surface area contributed by atoms with Gasteiger partial charge in [-0.05, 0) is 5.56 Å². The highest BCUT2D eigenvalue weighted by molar-refractivity contribution is 6.12. The summed E-state index contributed by atoms with van der Waals surface area (Å²) in [6, 6.07) is 8.69. The fraction of sp³-hybridized carbons (Fsp3) is 0.462. The lowest BCUT2D eigenvalue weighted by atomic mass is 9.93. The van der Waals surface area contributed by atoms with Crippen molar-refractivity contribution >= 4 is 13.8 Å². The molecule has 0 radical (unpaired) electrons. The number of fused-ring (bicyclic) bond motifs is 2. The molecule has 2 aliphatic heterocycles. The van der Waals surface area contributed by atoms with E-state index in [0.717, 1.165) is 5.56 Å². The molecule has 1 aromatic carbocycles. The first-order valence-corrected chi connectivity index (χ1v) is 6.46. The number of hydrogen-bond acceptors (Lipinski definition) is 6. The van der Waals surface area contributed by atoms with Crippen molar-refractivity contribution in [3.63, 3.8) is 0 Å². The van der Waals surface area contributed by atoms with E-state index < -0.39 is 36.1 Å². The molecule has 5 unspecified atom stereocenters. The van der Waals surface area contributed by atoms with Crippen LogP contribution in [0.15, 0.2) is 30.3 Å². The molecule has 3 rings (SSSR count). The van der Waals surface area contributed by atoms with E-state index in [-0.39, 0.29) is 6.61 Å². The van der Waals surface area contributed by atoms with Crippen LogP contribution in [0.4, 0.5) is 0 Å². The maximum atomic E-state index is 12.0. The Morgan fingerprint density at radius 3 is 2.65 bits per heavy atom. The van der Waals surface area contributed by atoms with E-state index in [9.17, 15) is 15.0 Å². The van der Waals surface area contributed by atoms with Crippen LogP contribution in [0.3, 0.4) is 0 Å². The van der Waals surface area contributed by atoms with Crippen molar-refractivity contribution in [1.82, 2.24) is 0 Å². The first-order valence-electron chi connectivity index (χ1n) is 6.46. The second-order valence-corrected chi connectivity index (χ2v) is 5.09. The fourth-order valence-corrected chi connectivity index (χ4v) is 2.61. The van der Waals surface area contributed by atoms with Crippen molar-refractivity contribution in [3.05, 3.63) is 35.9 Å². The Hall–Kier alpha value is -1.41. The Morgan fingerprint density at radius 1 is 1.40 bits per heavy atom. The van der Waals surface area contributed by atoms with Gasteiger partial charge in [-0.15, -0.1) is 0 Å². The number of carbonyl (C=O) groups is 1. The molecule has 2 fully saturated rings. The van der Waals surface area contributed by atoms with Gasteiger partial charge in [0.05, 0.1) is 6.00 Å². The van der Waals surface area contributed by atoms with Gasteiger partial charge in [0.25, 0.3) is 0 Å². The summed E-state index contributed by atoms with van der Waals surface area (Å²) in [5.74, 6) is -2.76. The van der Waals surface area contributed by atoms with Crippen molar-refractivity contribution in [2.45, 2.75) is 36.7 Å². The van der Waals surface area contributed by atoms with Gasteiger partial charge in [-0.2, -0.15) is 0 Å². The van der Waals surface area contributed by atoms with Crippen LogP contribution in [0.1, 0.15) is 5.56 Å². The summed E-state index contributed by atoms with van der Waals surface area (Å²) in [4.78, 5) is 12.0. The van der Waals surface area contributed by atoms with Gasteiger partial charge in [0.15, 0.2) is 0 Å². The molecule has 2 aliphatic rings. The Bertz CT molecular complexity index is 509. The molecule has 106 valence electrons. The van der Waals surface area contributed by atoms with Gasteiger partial charge in [0, 0.05) is 0 Å². The summed E-state index contributed by atoms with van der Waals surface area (Å²) >= 11 is 0. The lowest BCUT2D eigenvalue weighted by Crippen LogP contribution is -2.52. The van der Waals surface area contributed by atoms with Crippen LogP contribution in [-0.2, 0) is 25.6 Å². The third-order valence-electron chi connectivity index (χ3n) is 3.68. The molecule has 0 saturated carbocycles. The lowest BCUT2D eigenvalue weighted by molar-refractivity contribution is -0.270. The largest absolute Gasteiger partial charge is 0.459 e. The predicted octanol–water partition coefficient (Wildman–Crippen LogP) is -1.46. The zero-order valence-corrected chi connectivity index (χ0v) is 10.9. The number of hydrogen-bond donors (Lipinski definition) is 2. The lowest BCUT2D eigenvalue weighted by Gasteiger charge is -2.30. The van der Waals surface area contributed by atoms with Crippen LogP contribution >= 0.6 is 0 Å². The number of rotatable bonds is 3. The number of carbonyl (C=O) groups excluding carboxylic acids is 1. The van der Waals surface area contributed by atoms with Crippen LogP contribution in [-0.4, -0.2) is 54.1 Å². The number of benzene rings is 1. The molecular formula is C13H15BO6. The molecule has 5 atom stereocenters. The highest BCUT2D eigenvalue weighted by atomic mass is 16.7. The van der Waals surface area contributed by atoms with Gasteiger partial charge in [-0.25, -0.2) is 4.79 Å². The van der Waals surface area contributed by atoms with Crippen molar-refractivity contribution in [2.24, 2.45) is 0 Å². The van der Waals surface area contributed by atoms with Gasteiger partial charge >= 0.3 is 5.97 Å². The van der Waals surface area contributed by atoms with Gasteiger partial charge < -0.3 is 24.4 Å². The molecule has 7 heteroatoms. The molecule has 1 aromatic rings. The number of ether oxygens (including phenoxy) is 3. The monoisotopic (exact) mass is 278 g/mol. The van der Waals surface area contributed by atoms with Crippen LogP contribution in [0.2, 0.25) is 0 Å². The average molecular weight is 278 g/mol. The third kappa shape index (κ3) is 2.03. The second kappa shape index (κ2) is 4.85. The molecule has 0 amide bonds. The van der Waals surface area contributed by atoms with E-state index in [4.69, 9.17) is 14.2 Å². The molecule has 2 N–H and O–H groups in total. The standard InChI is InChI=1S/C13H15BO6/c14-11-8-9(15)13(17,20-11)10(19-8)12(16)18-6-7-4-2-1-3-5-7/h1-5,8-11,15,17H,6,14H2. The van der Waals surface area contributed by atoms with Gasteiger partial charge in [-0.3, -0.25) is 0 Å². The minimum Gasteiger partial charge on any atom is -0.459 e. The molecule has 0 aromatic heterocycles. The molecule has 20 heavy (non-hydrogen) atoms. The first kappa shape index (κ1) is 13.6. The summed E-state index contributed by atoms with van der Waals surface area (Å²) in [5, 5.41) is 20.1. The Morgan fingerprint density at radius 2 is 2.10 bits per heavy atom. The van der Waals surface area contributed by atoms with E-state index in [0.29, 0.717) is 0 Å². The van der Waals surface area contributed by atoms with Crippen LogP contribution in [0, 0.1) is 0 Å². The van der Waals surface area contributed by atoms with Crippen molar-refractivity contribution in [3.8, 4) is 0 Å². The average Bonchev–Trinajstić information content (AvgIpc) is 2.81. The Balaban J connectivity index is 1.65.